The molecule has 3 rings (SSSR count). The van der Waals surface area contributed by atoms with Gasteiger partial charge in [0.15, 0.2) is 0 Å². The lowest BCUT2D eigenvalue weighted by atomic mass is 10.3. The molecule has 1 aromatic carbocycles. The molecule has 3 aromatic rings. The summed E-state index contributed by atoms with van der Waals surface area (Å²) in [7, 11) is -3.89. The van der Waals surface area contributed by atoms with Gasteiger partial charge in [-0.15, -0.1) is 11.3 Å². The quantitative estimate of drug-likeness (QED) is 0.614. The van der Waals surface area contributed by atoms with E-state index in [0.717, 1.165) is 4.88 Å². The Morgan fingerprint density at radius 1 is 1.24 bits per heavy atom. The summed E-state index contributed by atoms with van der Waals surface area (Å²) in [4.78, 5) is 0.872. The molecular weight excluding hydrogens is 401 g/mol. The number of benzene rings is 1. The zero-order chi connectivity index (χ0) is 18.2. The van der Waals surface area contributed by atoms with Gasteiger partial charge in [-0.1, -0.05) is 29.3 Å². The molecule has 0 amide bonds. The third-order valence-electron chi connectivity index (χ3n) is 3.44. The van der Waals surface area contributed by atoms with Crippen molar-refractivity contribution in [1.29, 1.82) is 0 Å². The van der Waals surface area contributed by atoms with Crippen LogP contribution in [-0.4, -0.2) is 18.2 Å². The van der Waals surface area contributed by atoms with Gasteiger partial charge in [-0.25, -0.2) is 8.42 Å². The van der Waals surface area contributed by atoms with Crippen molar-refractivity contribution in [2.24, 2.45) is 0 Å². The van der Waals surface area contributed by atoms with Crippen LogP contribution in [-0.2, 0) is 10.0 Å². The zero-order valence-corrected chi connectivity index (χ0v) is 16.5. The fourth-order valence-corrected chi connectivity index (χ4v) is 4.60. The van der Waals surface area contributed by atoms with Crippen LogP contribution in [0.1, 0.15) is 19.9 Å². The van der Waals surface area contributed by atoms with Crippen LogP contribution >= 0.6 is 34.5 Å². The Morgan fingerprint density at radius 2 is 2.00 bits per heavy atom. The Balaban J connectivity index is 2.09. The Bertz CT molecular complexity index is 997. The van der Waals surface area contributed by atoms with Gasteiger partial charge in [0.2, 0.25) is 0 Å². The van der Waals surface area contributed by atoms with Crippen molar-refractivity contribution in [2.45, 2.75) is 24.8 Å². The highest BCUT2D eigenvalue weighted by Crippen LogP contribution is 2.33. The second kappa shape index (κ2) is 6.99. The van der Waals surface area contributed by atoms with Crippen molar-refractivity contribution >= 4 is 50.2 Å². The molecule has 0 fully saturated rings. The molecule has 0 radical (unpaired) electrons. The monoisotopic (exact) mass is 415 g/mol. The molecule has 0 aliphatic heterocycles. The van der Waals surface area contributed by atoms with Gasteiger partial charge in [0.05, 0.1) is 15.6 Å². The molecule has 0 unspecified atom stereocenters. The second-order valence-electron chi connectivity index (χ2n) is 5.62. The molecule has 9 heteroatoms. The molecule has 2 heterocycles. The Labute approximate surface area is 160 Å². The van der Waals surface area contributed by atoms with Gasteiger partial charge in [0.1, 0.15) is 10.6 Å². The molecule has 2 aromatic heterocycles. The highest BCUT2D eigenvalue weighted by atomic mass is 35.5. The molecule has 0 saturated heterocycles. The fraction of sp³-hybridized carbons (Fsp3) is 0.188. The minimum Gasteiger partial charge on any atom is -0.278 e. The van der Waals surface area contributed by atoms with Crippen molar-refractivity contribution in [3.8, 4) is 10.6 Å². The zero-order valence-electron chi connectivity index (χ0n) is 13.4. The largest absolute Gasteiger partial charge is 0.278 e. The van der Waals surface area contributed by atoms with Crippen molar-refractivity contribution < 1.29 is 8.42 Å². The summed E-state index contributed by atoms with van der Waals surface area (Å²) in [6.45, 7) is 3.87. The molecule has 0 bridgehead atoms. The molecule has 0 aliphatic carbocycles. The normalized spacial score (nSPS) is 11.9. The predicted molar refractivity (Wildman–Crippen MR) is 103 cm³/mol. The minimum absolute atomic E-state index is 0.0254. The van der Waals surface area contributed by atoms with Crippen molar-refractivity contribution in [2.75, 3.05) is 4.72 Å². The van der Waals surface area contributed by atoms with E-state index in [9.17, 15) is 8.42 Å². The average molecular weight is 416 g/mol. The third-order valence-corrected chi connectivity index (χ3v) is 6.25. The summed E-state index contributed by atoms with van der Waals surface area (Å²) in [6, 6.07) is 8.32. The van der Waals surface area contributed by atoms with Crippen LogP contribution in [0.15, 0.2) is 46.8 Å². The Kier molecular flexibility index (Phi) is 5.11. The minimum atomic E-state index is -3.89. The highest BCUT2D eigenvalue weighted by molar-refractivity contribution is 7.92. The number of halogens is 2. The average Bonchev–Trinajstić information content (AvgIpc) is 3.19. The van der Waals surface area contributed by atoms with Gasteiger partial charge in [0, 0.05) is 17.3 Å². The van der Waals surface area contributed by atoms with Gasteiger partial charge in [-0.2, -0.15) is 5.10 Å². The molecule has 0 atom stereocenters. The number of hydrogen-bond acceptors (Lipinski definition) is 4. The van der Waals surface area contributed by atoms with E-state index in [1.165, 1.54) is 23.6 Å². The van der Waals surface area contributed by atoms with Crippen molar-refractivity contribution in [1.82, 2.24) is 9.78 Å². The summed E-state index contributed by atoms with van der Waals surface area (Å²) in [5, 5.41) is 6.98. The van der Waals surface area contributed by atoms with Crippen LogP contribution in [0.3, 0.4) is 0 Å². The molecule has 25 heavy (non-hydrogen) atoms. The maximum atomic E-state index is 13.0. The smallest absolute Gasteiger partial charge is 0.265 e. The highest BCUT2D eigenvalue weighted by Gasteiger charge is 2.25. The van der Waals surface area contributed by atoms with Crippen LogP contribution < -0.4 is 4.72 Å². The molecule has 0 saturated carbocycles. The van der Waals surface area contributed by atoms with E-state index in [4.69, 9.17) is 23.2 Å². The molecule has 1 N–H and O–H groups in total. The lowest BCUT2D eigenvalue weighted by Gasteiger charge is -2.09. The molecule has 0 spiro atoms. The Morgan fingerprint density at radius 3 is 2.64 bits per heavy atom. The molecule has 0 aliphatic rings. The first-order chi connectivity index (χ1) is 11.8. The van der Waals surface area contributed by atoms with Crippen LogP contribution in [0.2, 0.25) is 10.0 Å². The van der Waals surface area contributed by atoms with Crippen LogP contribution in [0, 0.1) is 0 Å². The topological polar surface area (TPSA) is 64.0 Å². The molecule has 132 valence electrons. The summed E-state index contributed by atoms with van der Waals surface area (Å²) < 4.78 is 30.0. The number of nitrogens with one attached hydrogen (secondary N) is 1. The van der Waals surface area contributed by atoms with E-state index in [2.05, 4.69) is 9.82 Å². The summed E-state index contributed by atoms with van der Waals surface area (Å²) in [5.74, 6) is 0. The number of anilines is 1. The maximum Gasteiger partial charge on any atom is 0.265 e. The van der Waals surface area contributed by atoms with Gasteiger partial charge in [-0.05, 0) is 43.5 Å². The number of nitrogens with zero attached hydrogens (tertiary/aromatic N) is 2. The second-order valence-corrected chi connectivity index (χ2v) is 9.06. The van der Waals surface area contributed by atoms with E-state index in [1.807, 2.05) is 31.4 Å². The first-order valence-electron chi connectivity index (χ1n) is 7.39. The fourth-order valence-electron chi connectivity index (χ4n) is 2.20. The summed E-state index contributed by atoms with van der Waals surface area (Å²) in [5.41, 5.74) is 0.637. The van der Waals surface area contributed by atoms with E-state index in [-0.39, 0.29) is 21.6 Å². The SMILES string of the molecule is CC(C)n1cc(S(=O)(=O)Nc2cc(Cl)ccc2Cl)c(-c2cccs2)n1. The van der Waals surface area contributed by atoms with Crippen LogP contribution in [0.4, 0.5) is 5.69 Å². The summed E-state index contributed by atoms with van der Waals surface area (Å²) in [6.07, 6.45) is 1.53. The van der Waals surface area contributed by atoms with E-state index in [1.54, 1.807) is 16.8 Å². The van der Waals surface area contributed by atoms with E-state index < -0.39 is 10.0 Å². The van der Waals surface area contributed by atoms with Crippen LogP contribution in [0.5, 0.6) is 0 Å². The molecule has 5 nitrogen and oxygen atoms in total. The van der Waals surface area contributed by atoms with Crippen LogP contribution in [0.25, 0.3) is 10.6 Å². The number of rotatable bonds is 5. The van der Waals surface area contributed by atoms with Gasteiger partial charge in [0.25, 0.3) is 10.0 Å². The standard InChI is InChI=1S/C16H15Cl2N3O2S2/c1-10(2)21-9-15(16(19-21)14-4-3-7-24-14)25(22,23)20-13-8-11(17)5-6-12(13)18/h3-10,20H,1-2H3. The maximum absolute atomic E-state index is 13.0. The lowest BCUT2D eigenvalue weighted by molar-refractivity contribution is 0.532. The number of sulfonamides is 1. The van der Waals surface area contributed by atoms with Crippen molar-refractivity contribution in [3.63, 3.8) is 0 Å². The van der Waals surface area contributed by atoms with E-state index in [0.29, 0.717) is 10.7 Å². The lowest BCUT2D eigenvalue weighted by Crippen LogP contribution is -2.13. The van der Waals surface area contributed by atoms with E-state index >= 15 is 0 Å². The summed E-state index contributed by atoms with van der Waals surface area (Å²) >= 11 is 13.4. The third kappa shape index (κ3) is 3.84. The first kappa shape index (κ1) is 18.3. The number of aromatic nitrogens is 2. The Hall–Kier alpha value is -1.54. The van der Waals surface area contributed by atoms with Crippen molar-refractivity contribution in [3.05, 3.63) is 52.0 Å². The molecular formula is C16H15Cl2N3O2S2. The van der Waals surface area contributed by atoms with Gasteiger partial charge >= 0.3 is 0 Å². The number of thiophene rings is 1. The van der Waals surface area contributed by atoms with Gasteiger partial charge < -0.3 is 0 Å². The number of hydrogen-bond donors (Lipinski definition) is 1. The van der Waals surface area contributed by atoms with Gasteiger partial charge in [-0.3, -0.25) is 9.40 Å². The predicted octanol–water partition coefficient (Wildman–Crippen LogP) is 5.30. The first-order valence-corrected chi connectivity index (χ1v) is 10.5.